The fraction of sp³-hybridized carbons (Fsp3) is 0.100. The molecule has 2 aromatic carbocycles. The molecule has 3 N–H and O–H groups in total. The first-order valence-electron chi connectivity index (χ1n) is 8.71. The van der Waals surface area contributed by atoms with Crippen molar-refractivity contribution in [2.45, 2.75) is 11.3 Å². The van der Waals surface area contributed by atoms with Crippen molar-refractivity contribution in [3.05, 3.63) is 78.5 Å². The second kappa shape index (κ2) is 9.35. The summed E-state index contributed by atoms with van der Waals surface area (Å²) < 4.78 is 32.6. The van der Waals surface area contributed by atoms with Crippen molar-refractivity contribution >= 4 is 38.9 Å². The minimum Gasteiger partial charge on any atom is -0.484 e. The number of rotatable bonds is 7. The van der Waals surface area contributed by atoms with Crippen LogP contribution in [0.3, 0.4) is 0 Å². The number of hydrogen-bond acceptors (Lipinski definition) is 5. The quantitative estimate of drug-likeness (QED) is 0.586. The summed E-state index contributed by atoms with van der Waals surface area (Å²) in [5, 5.41) is 5.42. The molecule has 0 aliphatic heterocycles. The second-order valence-corrected chi connectivity index (χ2v) is 8.12. The van der Waals surface area contributed by atoms with E-state index in [9.17, 15) is 13.2 Å². The molecule has 0 fully saturated rings. The molecule has 9 heteroatoms. The van der Waals surface area contributed by atoms with Gasteiger partial charge in [0.1, 0.15) is 5.75 Å². The van der Waals surface area contributed by atoms with Gasteiger partial charge in [0.25, 0.3) is 15.9 Å². The summed E-state index contributed by atoms with van der Waals surface area (Å²) in [5.41, 5.74) is 1.09. The topological polar surface area (TPSA) is 96.5 Å². The van der Waals surface area contributed by atoms with Gasteiger partial charge in [-0.05, 0) is 61.1 Å². The van der Waals surface area contributed by atoms with Crippen molar-refractivity contribution in [1.82, 2.24) is 10.0 Å². The summed E-state index contributed by atoms with van der Waals surface area (Å²) >= 11 is 5.10. The third kappa shape index (κ3) is 6.16. The van der Waals surface area contributed by atoms with E-state index in [1.54, 1.807) is 48.6 Å². The number of carbonyl (C=O) groups excluding carboxylic acids is 1. The van der Waals surface area contributed by atoms with Gasteiger partial charge in [-0.15, -0.1) is 0 Å². The lowest BCUT2D eigenvalue weighted by atomic mass is 10.3. The molecule has 3 rings (SSSR count). The fourth-order valence-corrected chi connectivity index (χ4v) is 3.76. The molecular weight excluding hydrogens is 410 g/mol. The van der Waals surface area contributed by atoms with Crippen LogP contribution in [0.1, 0.15) is 6.42 Å². The smallest absolute Gasteiger partial charge is 0.264 e. The molecule has 2 aromatic rings. The molecule has 0 saturated carbocycles. The minimum absolute atomic E-state index is 0.0849. The molecule has 0 bridgehead atoms. The summed E-state index contributed by atoms with van der Waals surface area (Å²) in [7, 11) is -3.66. The summed E-state index contributed by atoms with van der Waals surface area (Å²) in [6, 6.07) is 15.0. The number of benzene rings is 2. The molecule has 1 aliphatic carbocycles. The first-order chi connectivity index (χ1) is 13.9. The highest BCUT2D eigenvalue weighted by Crippen LogP contribution is 2.16. The van der Waals surface area contributed by atoms with Gasteiger partial charge in [0.2, 0.25) is 0 Å². The Hall–Kier alpha value is -3.17. The lowest BCUT2D eigenvalue weighted by Crippen LogP contribution is -2.37. The van der Waals surface area contributed by atoms with Crippen LogP contribution >= 0.6 is 12.2 Å². The Balaban J connectivity index is 1.50. The average Bonchev–Trinajstić information content (AvgIpc) is 3.20. The Morgan fingerprint density at radius 2 is 1.79 bits per heavy atom. The molecule has 0 saturated heterocycles. The van der Waals surface area contributed by atoms with Crippen LogP contribution in [-0.2, 0) is 14.8 Å². The van der Waals surface area contributed by atoms with Gasteiger partial charge >= 0.3 is 0 Å². The van der Waals surface area contributed by atoms with E-state index in [-0.39, 0.29) is 16.6 Å². The van der Waals surface area contributed by atoms with Crippen LogP contribution in [0.15, 0.2) is 83.4 Å². The van der Waals surface area contributed by atoms with Gasteiger partial charge in [0, 0.05) is 11.4 Å². The molecule has 0 atom stereocenters. The molecule has 1 amide bonds. The van der Waals surface area contributed by atoms with E-state index in [0.29, 0.717) is 23.6 Å². The second-order valence-electron chi connectivity index (χ2n) is 6.03. The number of nitrogens with one attached hydrogen (secondary N) is 3. The summed E-state index contributed by atoms with van der Waals surface area (Å²) in [4.78, 5) is 12.0. The maximum atomic E-state index is 12.4. The van der Waals surface area contributed by atoms with Crippen LogP contribution in [0, 0.1) is 0 Å². The van der Waals surface area contributed by atoms with Crippen LogP contribution in [0.25, 0.3) is 0 Å². The van der Waals surface area contributed by atoms with E-state index in [4.69, 9.17) is 17.0 Å². The SMILES string of the molecule is O=C(COc1ccccc1)NC(=S)Nc1ccc(S(=O)(=O)NC2=CCC=C2)cc1. The van der Waals surface area contributed by atoms with E-state index in [1.165, 1.54) is 12.1 Å². The standard InChI is InChI=1S/C20H19N3O4S2/c24-19(14-27-17-8-2-1-3-9-17)22-20(28)21-15-10-12-18(13-11-15)29(25,26)23-16-6-4-5-7-16/h1-4,6-13,23H,5,14H2,(H2,21,22,24,28). The lowest BCUT2D eigenvalue weighted by molar-refractivity contribution is -0.121. The zero-order valence-electron chi connectivity index (χ0n) is 15.3. The highest BCUT2D eigenvalue weighted by Gasteiger charge is 2.15. The van der Waals surface area contributed by atoms with E-state index < -0.39 is 15.9 Å². The van der Waals surface area contributed by atoms with E-state index >= 15 is 0 Å². The molecule has 150 valence electrons. The van der Waals surface area contributed by atoms with Gasteiger partial charge in [0.15, 0.2) is 11.7 Å². The molecule has 7 nitrogen and oxygen atoms in total. The number of anilines is 1. The van der Waals surface area contributed by atoms with Gasteiger partial charge in [-0.1, -0.05) is 30.4 Å². The molecule has 0 radical (unpaired) electrons. The number of thiocarbonyl (C=S) groups is 1. The van der Waals surface area contributed by atoms with Gasteiger partial charge in [-0.25, -0.2) is 8.42 Å². The molecule has 1 aliphatic rings. The van der Waals surface area contributed by atoms with Crippen LogP contribution in [0.2, 0.25) is 0 Å². The van der Waals surface area contributed by atoms with Gasteiger partial charge in [0.05, 0.1) is 4.90 Å². The minimum atomic E-state index is -3.66. The number of sulfonamides is 1. The van der Waals surface area contributed by atoms with Gasteiger partial charge in [-0.3, -0.25) is 14.8 Å². The van der Waals surface area contributed by atoms with Crippen LogP contribution < -0.4 is 20.1 Å². The number of para-hydroxylation sites is 1. The van der Waals surface area contributed by atoms with Crippen LogP contribution in [0.4, 0.5) is 5.69 Å². The summed E-state index contributed by atoms with van der Waals surface area (Å²) in [5.74, 6) is 0.170. The molecular formula is C20H19N3O4S2. The third-order valence-electron chi connectivity index (χ3n) is 3.81. The predicted molar refractivity (Wildman–Crippen MR) is 115 cm³/mol. The molecule has 29 heavy (non-hydrogen) atoms. The number of amides is 1. The largest absolute Gasteiger partial charge is 0.484 e. The lowest BCUT2D eigenvalue weighted by Gasteiger charge is -2.11. The zero-order chi connectivity index (χ0) is 20.7. The highest BCUT2D eigenvalue weighted by atomic mass is 32.2. The van der Waals surface area contributed by atoms with Crippen molar-refractivity contribution in [2.75, 3.05) is 11.9 Å². The molecule has 0 aromatic heterocycles. The van der Waals surface area contributed by atoms with Crippen molar-refractivity contribution < 1.29 is 17.9 Å². The van der Waals surface area contributed by atoms with E-state index in [0.717, 1.165) is 0 Å². The Bertz CT molecular complexity index is 1050. The normalized spacial score (nSPS) is 12.8. The predicted octanol–water partition coefficient (Wildman–Crippen LogP) is 2.70. The Kier molecular flexibility index (Phi) is 6.63. The first-order valence-corrected chi connectivity index (χ1v) is 10.6. The molecule has 0 heterocycles. The number of carbonyl (C=O) groups is 1. The Morgan fingerprint density at radius 3 is 2.45 bits per heavy atom. The fourth-order valence-electron chi connectivity index (χ4n) is 2.46. The molecule has 0 unspecified atom stereocenters. The zero-order valence-corrected chi connectivity index (χ0v) is 16.9. The van der Waals surface area contributed by atoms with Crippen LogP contribution in [-0.4, -0.2) is 26.0 Å². The average molecular weight is 430 g/mol. The number of hydrogen-bond donors (Lipinski definition) is 3. The highest BCUT2D eigenvalue weighted by molar-refractivity contribution is 7.89. The Morgan fingerprint density at radius 1 is 1.07 bits per heavy atom. The monoisotopic (exact) mass is 429 g/mol. The molecule has 0 spiro atoms. The van der Waals surface area contributed by atoms with Gasteiger partial charge in [-0.2, -0.15) is 0 Å². The first kappa shape index (κ1) is 20.6. The summed E-state index contributed by atoms with van der Waals surface area (Å²) in [6.45, 7) is -0.182. The maximum absolute atomic E-state index is 12.4. The number of ether oxygens (including phenoxy) is 1. The number of allylic oxidation sites excluding steroid dienone is 3. The third-order valence-corrected chi connectivity index (χ3v) is 5.41. The van der Waals surface area contributed by atoms with E-state index in [1.807, 2.05) is 12.1 Å². The van der Waals surface area contributed by atoms with Crippen LogP contribution in [0.5, 0.6) is 5.75 Å². The van der Waals surface area contributed by atoms with Crippen molar-refractivity contribution in [3.8, 4) is 5.75 Å². The Labute approximate surface area is 174 Å². The summed E-state index contributed by atoms with van der Waals surface area (Å²) in [6.07, 6.45) is 6.08. The van der Waals surface area contributed by atoms with Crippen molar-refractivity contribution in [3.63, 3.8) is 0 Å². The maximum Gasteiger partial charge on any atom is 0.264 e. The van der Waals surface area contributed by atoms with Gasteiger partial charge < -0.3 is 10.1 Å². The van der Waals surface area contributed by atoms with E-state index in [2.05, 4.69) is 15.4 Å². The van der Waals surface area contributed by atoms with Crippen molar-refractivity contribution in [1.29, 1.82) is 0 Å². The van der Waals surface area contributed by atoms with Crippen molar-refractivity contribution in [2.24, 2.45) is 0 Å².